The van der Waals surface area contributed by atoms with Crippen LogP contribution in [-0.4, -0.2) is 60.9 Å². The maximum atomic E-state index is 13.8. The van der Waals surface area contributed by atoms with Crippen molar-refractivity contribution in [3.63, 3.8) is 0 Å². The van der Waals surface area contributed by atoms with Gasteiger partial charge in [-0.1, -0.05) is 66.2 Å². The molecule has 0 aliphatic rings. The van der Waals surface area contributed by atoms with Gasteiger partial charge in [-0.25, -0.2) is 10.3 Å². The van der Waals surface area contributed by atoms with Crippen molar-refractivity contribution in [2.75, 3.05) is 19.8 Å². The van der Waals surface area contributed by atoms with Crippen molar-refractivity contribution in [2.24, 2.45) is 0 Å². The van der Waals surface area contributed by atoms with Crippen molar-refractivity contribution >= 4 is 40.2 Å². The van der Waals surface area contributed by atoms with Gasteiger partial charge in [-0.2, -0.15) is 0 Å². The lowest BCUT2D eigenvalue weighted by Gasteiger charge is -2.36. The fourth-order valence-corrected chi connectivity index (χ4v) is 4.55. The minimum Gasteiger partial charge on any atom is -0.351 e. The van der Waals surface area contributed by atoms with E-state index in [0.29, 0.717) is 18.2 Å². The number of nitrogens with zero attached hydrogens (tertiary/aromatic N) is 1. The summed E-state index contributed by atoms with van der Waals surface area (Å²) in [5, 5.41) is 7.95. The van der Waals surface area contributed by atoms with Crippen LogP contribution in [0, 0.1) is 0 Å². The number of rotatable bonds is 15. The van der Waals surface area contributed by atoms with Gasteiger partial charge in [-0.15, -0.1) is 0 Å². The van der Waals surface area contributed by atoms with Gasteiger partial charge in [0.2, 0.25) is 11.8 Å². The Bertz CT molecular complexity index is 1310. The average molecular weight is 599 g/mol. The van der Waals surface area contributed by atoms with Crippen LogP contribution in [0.1, 0.15) is 38.8 Å². The second-order valence-corrected chi connectivity index (χ2v) is 10.0. The molecule has 3 aromatic rings. The van der Waals surface area contributed by atoms with Crippen LogP contribution in [0.25, 0.3) is 10.8 Å². The molecule has 0 radical (unpaired) electrons. The molecule has 2 atom stereocenters. The van der Waals surface area contributed by atoms with Crippen molar-refractivity contribution in [1.29, 1.82) is 0 Å². The van der Waals surface area contributed by atoms with E-state index in [1.807, 2.05) is 63.2 Å². The summed E-state index contributed by atoms with van der Waals surface area (Å²) in [7, 11) is 0. The fraction of sp³-hybridized carbons (Fsp3) is 0.387. The van der Waals surface area contributed by atoms with E-state index >= 15 is 0 Å². The van der Waals surface area contributed by atoms with Crippen LogP contribution in [0.15, 0.2) is 66.7 Å². The Kier molecular flexibility index (Phi) is 13.0. The normalized spacial score (nSPS) is 12.5. The molecule has 0 aliphatic heterocycles. The molecule has 0 saturated heterocycles. The number of urea groups is 1. The first kappa shape index (κ1) is 32.8. The maximum absolute atomic E-state index is 13.8. The summed E-state index contributed by atoms with van der Waals surface area (Å²) in [6, 6.07) is 19.0. The number of ether oxygens (including phenoxy) is 2. The van der Waals surface area contributed by atoms with Crippen LogP contribution in [0.2, 0.25) is 5.02 Å². The van der Waals surface area contributed by atoms with Crippen molar-refractivity contribution in [2.45, 2.75) is 59.2 Å². The highest BCUT2D eigenvalue weighted by Gasteiger charge is 2.32. The van der Waals surface area contributed by atoms with Gasteiger partial charge in [-0.05, 0) is 61.7 Å². The first-order valence-corrected chi connectivity index (χ1v) is 14.3. The number of halogens is 1. The number of nitrogens with one attached hydrogen (secondary N) is 3. The monoisotopic (exact) mass is 598 g/mol. The number of carbonyl (C=O) groups excluding carboxylic acids is 3. The van der Waals surface area contributed by atoms with Gasteiger partial charge in [0, 0.05) is 31.3 Å². The third-order valence-electron chi connectivity index (χ3n) is 6.53. The van der Waals surface area contributed by atoms with E-state index in [0.717, 1.165) is 21.9 Å². The molecule has 0 spiro atoms. The quantitative estimate of drug-likeness (QED) is 0.175. The molecule has 3 rings (SSSR count). The van der Waals surface area contributed by atoms with Crippen molar-refractivity contribution in [1.82, 2.24) is 21.0 Å². The smallest absolute Gasteiger partial charge is 0.338 e. The molecular weight excluding hydrogens is 560 g/mol. The molecule has 3 N–H and O–H groups in total. The highest BCUT2D eigenvalue weighted by Crippen LogP contribution is 2.23. The zero-order valence-electron chi connectivity index (χ0n) is 24.4. The van der Waals surface area contributed by atoms with Crippen LogP contribution in [0.3, 0.4) is 0 Å². The predicted octanol–water partition coefficient (Wildman–Crippen LogP) is 4.55. The van der Waals surface area contributed by atoms with Crippen LogP contribution in [-0.2, 0) is 37.0 Å². The zero-order valence-corrected chi connectivity index (χ0v) is 25.1. The summed E-state index contributed by atoms with van der Waals surface area (Å²) in [5.41, 5.74) is 3.97. The first-order chi connectivity index (χ1) is 20.2. The Morgan fingerprint density at radius 1 is 0.905 bits per heavy atom. The Morgan fingerprint density at radius 2 is 1.57 bits per heavy atom. The summed E-state index contributed by atoms with van der Waals surface area (Å²) < 4.78 is 11.6. The number of hydrogen-bond donors (Lipinski definition) is 3. The molecule has 0 heterocycles. The topological polar surface area (TPSA) is 118 Å². The van der Waals surface area contributed by atoms with Crippen molar-refractivity contribution in [3.8, 4) is 0 Å². The van der Waals surface area contributed by atoms with E-state index < -0.39 is 36.9 Å². The van der Waals surface area contributed by atoms with Gasteiger partial charge in [-0.3, -0.25) is 14.4 Å². The Labute approximate surface area is 251 Å². The fourth-order valence-electron chi connectivity index (χ4n) is 4.42. The Hall–Kier alpha value is -3.70. The average Bonchev–Trinajstić information content (AvgIpc) is 2.98. The number of hydroxylamine groups is 1. The zero-order chi connectivity index (χ0) is 30.5. The van der Waals surface area contributed by atoms with E-state index in [1.165, 1.54) is 0 Å². The molecule has 11 heteroatoms. The third kappa shape index (κ3) is 9.70. The molecule has 0 aromatic heterocycles. The lowest BCUT2D eigenvalue weighted by molar-refractivity contribution is -0.179. The molecule has 0 unspecified atom stereocenters. The van der Waals surface area contributed by atoms with E-state index in [1.54, 1.807) is 36.1 Å². The lowest BCUT2D eigenvalue weighted by Crippen LogP contribution is -2.54. The number of hydrogen-bond acceptors (Lipinski definition) is 6. The molecule has 0 saturated carbocycles. The number of amides is 4. The highest BCUT2D eigenvalue weighted by molar-refractivity contribution is 6.30. The van der Waals surface area contributed by atoms with E-state index in [-0.39, 0.29) is 19.0 Å². The largest absolute Gasteiger partial charge is 0.351 e. The Balaban J connectivity index is 1.61. The minimum absolute atomic E-state index is 0.249. The Morgan fingerprint density at radius 3 is 2.26 bits per heavy atom. The highest BCUT2D eigenvalue weighted by atomic mass is 35.5. The third-order valence-corrected chi connectivity index (χ3v) is 6.79. The predicted molar refractivity (Wildman–Crippen MR) is 161 cm³/mol. The van der Waals surface area contributed by atoms with Gasteiger partial charge < -0.3 is 25.0 Å². The number of carbonyl (C=O) groups is 3. The maximum Gasteiger partial charge on any atom is 0.338 e. The molecule has 3 aromatic carbocycles. The van der Waals surface area contributed by atoms with E-state index in [2.05, 4.69) is 16.1 Å². The minimum atomic E-state index is -0.888. The van der Waals surface area contributed by atoms with Crippen LogP contribution < -0.4 is 16.1 Å². The van der Waals surface area contributed by atoms with Crippen molar-refractivity contribution < 1.29 is 28.7 Å². The van der Waals surface area contributed by atoms with E-state index in [9.17, 15) is 14.4 Å². The van der Waals surface area contributed by atoms with Gasteiger partial charge in [0.1, 0.15) is 6.04 Å². The van der Waals surface area contributed by atoms with Gasteiger partial charge in [0.05, 0.1) is 6.04 Å². The van der Waals surface area contributed by atoms with Crippen LogP contribution in [0.5, 0.6) is 0 Å². The lowest BCUT2D eigenvalue weighted by atomic mass is 10.0. The second-order valence-electron chi connectivity index (χ2n) is 9.61. The molecule has 4 amide bonds. The summed E-state index contributed by atoms with van der Waals surface area (Å²) in [6.07, 6.45) is -0.652. The summed E-state index contributed by atoms with van der Waals surface area (Å²) in [5.74, 6) is -0.889. The SMILES string of the molecule is CCOC(OCC)[C@H](C)N(Cc1cccc2ccccc12)C(=O)[C@H](C)NC(=O)CONC(=O)NCc1ccc(Cl)cc1. The van der Waals surface area contributed by atoms with Crippen molar-refractivity contribution in [3.05, 3.63) is 82.9 Å². The van der Waals surface area contributed by atoms with Gasteiger partial charge in [0.15, 0.2) is 12.9 Å². The summed E-state index contributed by atoms with van der Waals surface area (Å²) in [4.78, 5) is 45.0. The molecule has 0 aliphatic carbocycles. The summed E-state index contributed by atoms with van der Waals surface area (Å²) in [6.45, 7) is 8.07. The second kappa shape index (κ2) is 16.7. The van der Waals surface area contributed by atoms with Crippen LogP contribution >= 0.6 is 11.6 Å². The number of benzene rings is 3. The van der Waals surface area contributed by atoms with Gasteiger partial charge in [0.25, 0.3) is 0 Å². The molecule has 226 valence electrons. The molecule has 10 nitrogen and oxygen atoms in total. The molecular formula is C31H39ClN4O6. The van der Waals surface area contributed by atoms with E-state index in [4.69, 9.17) is 25.9 Å². The molecule has 0 fully saturated rings. The molecule has 0 bridgehead atoms. The standard InChI is InChI=1S/C31H39ClN4O6/c1-5-40-30(41-6-2)22(4)36(19-25-12-9-11-24-10-7-8-13-27(24)25)29(38)21(3)34-28(37)20-42-35-31(39)33-18-23-14-16-26(32)17-15-23/h7-17,21-22,30H,5-6,18-20H2,1-4H3,(H,34,37)(H2,33,35,39)/t21-,22-/m0/s1. The van der Waals surface area contributed by atoms with Gasteiger partial charge >= 0.3 is 6.03 Å². The molecule has 42 heavy (non-hydrogen) atoms. The first-order valence-electron chi connectivity index (χ1n) is 13.9. The van der Waals surface area contributed by atoms with Crippen LogP contribution in [0.4, 0.5) is 4.79 Å². The summed E-state index contributed by atoms with van der Waals surface area (Å²) >= 11 is 5.86. The number of fused-ring (bicyclic) bond motifs is 1.